The summed E-state index contributed by atoms with van der Waals surface area (Å²) in [4.78, 5) is 11.5. The Bertz CT molecular complexity index is 497. The molecule has 1 aromatic rings. The smallest absolute Gasteiger partial charge is 0.277 e. The summed E-state index contributed by atoms with van der Waals surface area (Å²) in [5.41, 5.74) is 2.47. The maximum atomic E-state index is 11.5. The molecule has 106 valence electrons. The minimum atomic E-state index is -0.275. The average Bonchev–Trinajstić information content (AvgIpc) is 2.48. The first-order valence-electron chi connectivity index (χ1n) is 6.59. The summed E-state index contributed by atoms with van der Waals surface area (Å²) in [5, 5.41) is 4.59. The van der Waals surface area contributed by atoms with Crippen LogP contribution in [-0.2, 0) is 4.79 Å². The molecule has 4 nitrogen and oxygen atoms in total. The van der Waals surface area contributed by atoms with Crippen LogP contribution in [0.15, 0.2) is 41.5 Å². The molecule has 0 fully saturated rings. The highest BCUT2D eigenvalue weighted by Gasteiger charge is 2.07. The van der Waals surface area contributed by atoms with Gasteiger partial charge in [-0.2, -0.15) is 5.10 Å². The average molecular weight is 293 g/mol. The molecule has 1 unspecified atom stereocenters. The van der Waals surface area contributed by atoms with Crippen molar-refractivity contribution in [3.63, 3.8) is 0 Å². The summed E-state index contributed by atoms with van der Waals surface area (Å²) in [5.74, 6) is 0.742. The number of hydrogen-bond donors (Lipinski definition) is 1. The van der Waals surface area contributed by atoms with Crippen LogP contribution in [-0.4, -0.2) is 18.7 Å². The summed E-state index contributed by atoms with van der Waals surface area (Å²) >= 11 is 5.76. The summed E-state index contributed by atoms with van der Waals surface area (Å²) in [6.45, 7) is -0.0659. The van der Waals surface area contributed by atoms with Crippen molar-refractivity contribution in [1.82, 2.24) is 5.43 Å². The minimum Gasteiger partial charge on any atom is -0.484 e. The highest BCUT2D eigenvalue weighted by Crippen LogP contribution is 2.16. The van der Waals surface area contributed by atoms with E-state index in [4.69, 9.17) is 16.3 Å². The molecule has 0 saturated heterocycles. The van der Waals surface area contributed by atoms with Gasteiger partial charge in [0.05, 0.1) is 0 Å². The molecule has 1 atom stereocenters. The van der Waals surface area contributed by atoms with Crippen LogP contribution in [0.4, 0.5) is 0 Å². The fourth-order valence-electron chi connectivity index (χ4n) is 1.88. The number of allylic oxidation sites excluding steroid dienone is 2. The van der Waals surface area contributed by atoms with Crippen LogP contribution in [0.3, 0.4) is 0 Å². The molecule has 1 aliphatic rings. The van der Waals surface area contributed by atoms with Crippen molar-refractivity contribution in [2.45, 2.75) is 19.3 Å². The van der Waals surface area contributed by atoms with Gasteiger partial charge in [-0.15, -0.1) is 0 Å². The molecule has 1 aliphatic carbocycles. The van der Waals surface area contributed by atoms with Gasteiger partial charge in [-0.1, -0.05) is 23.8 Å². The first-order chi connectivity index (χ1) is 9.74. The highest BCUT2D eigenvalue weighted by atomic mass is 35.5. The third-order valence-electron chi connectivity index (χ3n) is 2.97. The van der Waals surface area contributed by atoms with E-state index in [0.717, 1.165) is 19.3 Å². The van der Waals surface area contributed by atoms with Crippen LogP contribution < -0.4 is 10.2 Å². The molecule has 0 spiro atoms. The van der Waals surface area contributed by atoms with Gasteiger partial charge in [-0.05, 0) is 49.4 Å². The lowest BCUT2D eigenvalue weighted by Gasteiger charge is -2.11. The number of ether oxygens (including phenoxy) is 1. The Morgan fingerprint density at radius 3 is 2.90 bits per heavy atom. The fourth-order valence-corrected chi connectivity index (χ4v) is 2.01. The van der Waals surface area contributed by atoms with E-state index >= 15 is 0 Å². The number of amides is 1. The van der Waals surface area contributed by atoms with Crippen LogP contribution >= 0.6 is 11.6 Å². The lowest BCUT2D eigenvalue weighted by atomic mass is 9.96. The van der Waals surface area contributed by atoms with Gasteiger partial charge >= 0.3 is 0 Å². The minimum absolute atomic E-state index is 0.0659. The van der Waals surface area contributed by atoms with E-state index in [1.54, 1.807) is 30.5 Å². The Morgan fingerprint density at radius 1 is 1.40 bits per heavy atom. The number of halogens is 1. The van der Waals surface area contributed by atoms with Gasteiger partial charge < -0.3 is 4.74 Å². The number of nitrogens with zero attached hydrogens (tertiary/aromatic N) is 1. The normalized spacial score (nSPS) is 18.1. The number of hydrazone groups is 1. The van der Waals surface area contributed by atoms with Crippen molar-refractivity contribution < 1.29 is 9.53 Å². The van der Waals surface area contributed by atoms with Gasteiger partial charge in [0, 0.05) is 11.2 Å². The van der Waals surface area contributed by atoms with Crippen LogP contribution in [0.2, 0.25) is 5.02 Å². The maximum Gasteiger partial charge on any atom is 0.277 e. The molecule has 1 N–H and O–H groups in total. The first-order valence-corrected chi connectivity index (χ1v) is 6.97. The summed E-state index contributed by atoms with van der Waals surface area (Å²) < 4.78 is 5.31. The van der Waals surface area contributed by atoms with E-state index in [1.165, 1.54) is 0 Å². The van der Waals surface area contributed by atoms with Crippen molar-refractivity contribution in [3.8, 4) is 5.75 Å². The zero-order valence-corrected chi connectivity index (χ0v) is 11.8. The zero-order valence-electron chi connectivity index (χ0n) is 11.1. The van der Waals surface area contributed by atoms with E-state index in [1.807, 2.05) is 0 Å². The molecule has 0 saturated carbocycles. The highest BCUT2D eigenvalue weighted by molar-refractivity contribution is 6.30. The van der Waals surface area contributed by atoms with Gasteiger partial charge in [-0.3, -0.25) is 4.79 Å². The number of rotatable bonds is 5. The van der Waals surface area contributed by atoms with Gasteiger partial charge in [0.25, 0.3) is 5.91 Å². The Morgan fingerprint density at radius 2 is 2.20 bits per heavy atom. The van der Waals surface area contributed by atoms with E-state index in [0.29, 0.717) is 16.7 Å². The van der Waals surface area contributed by atoms with E-state index in [9.17, 15) is 4.79 Å². The quantitative estimate of drug-likeness (QED) is 0.515. The molecule has 1 amide bonds. The summed E-state index contributed by atoms with van der Waals surface area (Å²) in [7, 11) is 0. The van der Waals surface area contributed by atoms with Crippen molar-refractivity contribution in [2.75, 3.05) is 6.61 Å². The van der Waals surface area contributed by atoms with Crippen LogP contribution in [0.5, 0.6) is 5.75 Å². The lowest BCUT2D eigenvalue weighted by Crippen LogP contribution is -2.25. The topological polar surface area (TPSA) is 50.7 Å². The Kier molecular flexibility index (Phi) is 5.62. The molecule has 0 heterocycles. The largest absolute Gasteiger partial charge is 0.484 e. The van der Waals surface area contributed by atoms with E-state index < -0.39 is 0 Å². The van der Waals surface area contributed by atoms with Crippen molar-refractivity contribution in [2.24, 2.45) is 11.0 Å². The molecular formula is C15H17ClN2O2. The Labute approximate surface area is 123 Å². The van der Waals surface area contributed by atoms with Crippen molar-refractivity contribution >= 4 is 23.7 Å². The molecule has 0 aliphatic heterocycles. The molecular weight excluding hydrogens is 276 g/mol. The van der Waals surface area contributed by atoms with Crippen LogP contribution in [0.1, 0.15) is 19.3 Å². The van der Waals surface area contributed by atoms with Gasteiger partial charge in [-0.25, -0.2) is 5.43 Å². The Hall–Kier alpha value is -1.81. The second-order valence-electron chi connectivity index (χ2n) is 4.60. The molecule has 1 aromatic carbocycles. The fraction of sp³-hybridized carbons (Fsp3) is 0.333. The number of carbonyl (C=O) groups excluding carboxylic acids is 1. The number of nitrogens with one attached hydrogen (secondary N) is 1. The number of hydrogen-bond acceptors (Lipinski definition) is 3. The van der Waals surface area contributed by atoms with Gasteiger partial charge in [0.1, 0.15) is 5.75 Å². The monoisotopic (exact) mass is 292 g/mol. The zero-order chi connectivity index (χ0) is 14.2. The third kappa shape index (κ3) is 5.05. The molecule has 0 aromatic heterocycles. The molecule has 0 bridgehead atoms. The maximum absolute atomic E-state index is 11.5. The SMILES string of the molecule is O=C(COc1ccc(Cl)cc1)N/N=C/C1CC=CCC1. The molecule has 20 heavy (non-hydrogen) atoms. The second kappa shape index (κ2) is 7.70. The number of benzene rings is 1. The van der Waals surface area contributed by atoms with Crippen LogP contribution in [0.25, 0.3) is 0 Å². The van der Waals surface area contributed by atoms with Gasteiger partial charge in [0.15, 0.2) is 6.61 Å². The first kappa shape index (κ1) is 14.6. The second-order valence-corrected chi connectivity index (χ2v) is 5.04. The number of carbonyl (C=O) groups is 1. The summed E-state index contributed by atoms with van der Waals surface area (Å²) in [6, 6.07) is 6.85. The molecule has 5 heteroatoms. The Balaban J connectivity index is 1.68. The summed E-state index contributed by atoms with van der Waals surface area (Å²) in [6.07, 6.45) is 9.25. The van der Waals surface area contributed by atoms with Crippen molar-refractivity contribution in [1.29, 1.82) is 0 Å². The van der Waals surface area contributed by atoms with Crippen LogP contribution in [0, 0.1) is 5.92 Å². The predicted octanol–water partition coefficient (Wildman–Crippen LogP) is 3.18. The van der Waals surface area contributed by atoms with E-state index in [2.05, 4.69) is 22.7 Å². The van der Waals surface area contributed by atoms with E-state index in [-0.39, 0.29) is 12.5 Å². The van der Waals surface area contributed by atoms with Gasteiger partial charge in [0.2, 0.25) is 0 Å². The predicted molar refractivity (Wildman–Crippen MR) is 80.1 cm³/mol. The lowest BCUT2D eigenvalue weighted by molar-refractivity contribution is -0.123. The van der Waals surface area contributed by atoms with Crippen molar-refractivity contribution in [3.05, 3.63) is 41.4 Å². The third-order valence-corrected chi connectivity index (χ3v) is 3.22. The standard InChI is InChI=1S/C15H17ClN2O2/c16-13-6-8-14(9-7-13)20-11-15(19)18-17-10-12-4-2-1-3-5-12/h1-2,6-10,12H,3-5,11H2,(H,18,19)/b17-10+. The molecule has 0 radical (unpaired) electrons. The molecule has 2 rings (SSSR count).